The zero-order valence-electron chi connectivity index (χ0n) is 15.4. The highest BCUT2D eigenvalue weighted by Crippen LogP contribution is 2.22. The molecule has 0 fully saturated rings. The number of guanidine groups is 1. The first-order chi connectivity index (χ1) is 12.0. The van der Waals surface area contributed by atoms with Gasteiger partial charge in [0.05, 0.1) is 12.7 Å². The Morgan fingerprint density at radius 2 is 2.24 bits per heavy atom. The molecular formula is C17H27N7O. The van der Waals surface area contributed by atoms with Crippen LogP contribution in [0.4, 0.5) is 0 Å². The lowest BCUT2D eigenvalue weighted by Gasteiger charge is -2.25. The van der Waals surface area contributed by atoms with Gasteiger partial charge in [0.1, 0.15) is 24.5 Å². The minimum absolute atomic E-state index is 0.0463. The summed E-state index contributed by atoms with van der Waals surface area (Å²) in [6, 6.07) is 0.279. The van der Waals surface area contributed by atoms with Crippen LogP contribution in [0.15, 0.2) is 21.9 Å². The number of aliphatic imine (C=N–C) groups is 1. The van der Waals surface area contributed by atoms with Crippen LogP contribution < -0.4 is 10.6 Å². The third-order valence-electron chi connectivity index (χ3n) is 4.16. The summed E-state index contributed by atoms with van der Waals surface area (Å²) >= 11 is 0. The molecule has 2 aromatic heterocycles. The molecule has 0 saturated carbocycles. The lowest BCUT2D eigenvalue weighted by Crippen LogP contribution is -2.47. The monoisotopic (exact) mass is 345 g/mol. The summed E-state index contributed by atoms with van der Waals surface area (Å²) in [7, 11) is 0. The number of hydrogen-bond donors (Lipinski definition) is 2. The molecule has 0 bridgehead atoms. The average Bonchev–Trinajstić information content (AvgIpc) is 3.21. The molecule has 1 atom stereocenters. The van der Waals surface area contributed by atoms with E-state index >= 15 is 0 Å². The molecule has 0 saturated heterocycles. The number of oxazole rings is 1. The minimum atomic E-state index is -0.0463. The first-order valence-electron chi connectivity index (χ1n) is 8.82. The average molecular weight is 345 g/mol. The van der Waals surface area contributed by atoms with Crippen molar-refractivity contribution in [2.24, 2.45) is 4.99 Å². The molecule has 0 aromatic carbocycles. The Morgan fingerprint density at radius 1 is 1.40 bits per heavy atom. The van der Waals surface area contributed by atoms with Gasteiger partial charge in [-0.2, -0.15) is 5.10 Å². The Kier molecular flexibility index (Phi) is 5.06. The fourth-order valence-corrected chi connectivity index (χ4v) is 2.75. The molecule has 2 aromatic rings. The third kappa shape index (κ3) is 4.37. The summed E-state index contributed by atoms with van der Waals surface area (Å²) in [6.45, 7) is 10.4. The first kappa shape index (κ1) is 17.4. The highest BCUT2D eigenvalue weighted by Gasteiger charge is 2.21. The van der Waals surface area contributed by atoms with Crippen LogP contribution in [-0.2, 0) is 24.9 Å². The molecule has 3 heterocycles. The van der Waals surface area contributed by atoms with E-state index in [4.69, 9.17) is 4.42 Å². The third-order valence-corrected chi connectivity index (χ3v) is 4.16. The second-order valence-electron chi connectivity index (χ2n) is 7.30. The maximum atomic E-state index is 5.81. The molecule has 1 aliphatic rings. The molecule has 136 valence electrons. The molecule has 8 heteroatoms. The van der Waals surface area contributed by atoms with E-state index in [0.717, 1.165) is 43.5 Å². The maximum absolute atomic E-state index is 5.81. The number of nitrogens with one attached hydrogen (secondary N) is 2. The van der Waals surface area contributed by atoms with Crippen LogP contribution in [0.2, 0.25) is 0 Å². The lowest BCUT2D eigenvalue weighted by molar-refractivity contribution is 0.381. The second-order valence-corrected chi connectivity index (χ2v) is 7.30. The molecule has 0 amide bonds. The van der Waals surface area contributed by atoms with Crippen molar-refractivity contribution in [1.82, 2.24) is 30.4 Å². The molecule has 8 nitrogen and oxygen atoms in total. The maximum Gasteiger partial charge on any atom is 0.216 e. The van der Waals surface area contributed by atoms with E-state index in [0.29, 0.717) is 12.4 Å². The van der Waals surface area contributed by atoms with Crippen LogP contribution in [-0.4, -0.2) is 38.3 Å². The Labute approximate surface area is 148 Å². The van der Waals surface area contributed by atoms with E-state index in [-0.39, 0.29) is 11.5 Å². The molecule has 1 aliphatic heterocycles. The smallest absolute Gasteiger partial charge is 0.216 e. The highest BCUT2D eigenvalue weighted by atomic mass is 16.4. The molecule has 2 N–H and O–H groups in total. The molecule has 0 radical (unpaired) electrons. The van der Waals surface area contributed by atoms with E-state index in [1.807, 2.05) is 4.68 Å². The van der Waals surface area contributed by atoms with Crippen molar-refractivity contribution in [2.75, 3.05) is 6.54 Å². The quantitative estimate of drug-likeness (QED) is 0.646. The van der Waals surface area contributed by atoms with E-state index in [2.05, 4.69) is 58.4 Å². The van der Waals surface area contributed by atoms with Gasteiger partial charge in [-0.05, 0) is 13.3 Å². The minimum Gasteiger partial charge on any atom is -0.443 e. The van der Waals surface area contributed by atoms with Gasteiger partial charge in [0.25, 0.3) is 0 Å². The SMILES string of the molecule is CCNC(=NCc1ncc(C(C)(C)C)o1)NC1CCc2ncnn2C1. The Bertz CT molecular complexity index is 725. The molecular weight excluding hydrogens is 318 g/mol. The van der Waals surface area contributed by atoms with Crippen molar-refractivity contribution in [3.05, 3.63) is 30.0 Å². The van der Waals surface area contributed by atoms with Gasteiger partial charge >= 0.3 is 0 Å². The van der Waals surface area contributed by atoms with Crippen molar-refractivity contribution >= 4 is 5.96 Å². The van der Waals surface area contributed by atoms with Crippen LogP contribution >= 0.6 is 0 Å². The van der Waals surface area contributed by atoms with E-state index < -0.39 is 0 Å². The van der Waals surface area contributed by atoms with Crippen LogP contribution in [0.25, 0.3) is 0 Å². The zero-order valence-corrected chi connectivity index (χ0v) is 15.4. The van der Waals surface area contributed by atoms with Crippen LogP contribution in [0.3, 0.4) is 0 Å². The standard InChI is InChI=1S/C17H27N7O/c1-5-18-16(20-9-15-19-8-13(25-15)17(2,3)4)23-12-6-7-14-21-11-22-24(14)10-12/h8,11-12H,5-7,9-10H2,1-4H3,(H2,18,20,23). The Hall–Kier alpha value is -2.38. The molecule has 1 unspecified atom stereocenters. The van der Waals surface area contributed by atoms with Crippen molar-refractivity contribution in [3.8, 4) is 0 Å². The predicted molar refractivity (Wildman–Crippen MR) is 95.3 cm³/mol. The number of aromatic nitrogens is 4. The molecule has 0 aliphatic carbocycles. The van der Waals surface area contributed by atoms with E-state index in [1.54, 1.807) is 12.5 Å². The number of nitrogens with zero attached hydrogens (tertiary/aromatic N) is 5. The number of rotatable bonds is 4. The van der Waals surface area contributed by atoms with Crippen LogP contribution in [0.5, 0.6) is 0 Å². The number of fused-ring (bicyclic) bond motifs is 1. The fourth-order valence-electron chi connectivity index (χ4n) is 2.75. The van der Waals surface area contributed by atoms with Crippen molar-refractivity contribution in [2.45, 2.75) is 65.1 Å². The van der Waals surface area contributed by atoms with Crippen molar-refractivity contribution in [3.63, 3.8) is 0 Å². The molecule has 0 spiro atoms. The molecule has 25 heavy (non-hydrogen) atoms. The van der Waals surface area contributed by atoms with E-state index in [1.165, 1.54) is 0 Å². The Morgan fingerprint density at radius 3 is 2.96 bits per heavy atom. The number of hydrogen-bond acceptors (Lipinski definition) is 5. The van der Waals surface area contributed by atoms with Gasteiger partial charge in [-0.25, -0.2) is 19.6 Å². The summed E-state index contributed by atoms with van der Waals surface area (Å²) in [6.07, 6.45) is 5.34. The van der Waals surface area contributed by atoms with Gasteiger partial charge in [-0.1, -0.05) is 20.8 Å². The van der Waals surface area contributed by atoms with Crippen LogP contribution in [0, 0.1) is 0 Å². The van der Waals surface area contributed by atoms with E-state index in [9.17, 15) is 0 Å². The summed E-state index contributed by atoms with van der Waals surface area (Å²) in [5.74, 6) is 3.33. The predicted octanol–water partition coefficient (Wildman–Crippen LogP) is 1.63. The topological polar surface area (TPSA) is 93.2 Å². The van der Waals surface area contributed by atoms with Crippen LogP contribution in [0.1, 0.15) is 51.6 Å². The fraction of sp³-hybridized carbons (Fsp3) is 0.647. The first-order valence-corrected chi connectivity index (χ1v) is 8.82. The van der Waals surface area contributed by atoms with Crippen molar-refractivity contribution in [1.29, 1.82) is 0 Å². The van der Waals surface area contributed by atoms with Gasteiger partial charge in [0.2, 0.25) is 5.89 Å². The molecule has 3 rings (SSSR count). The normalized spacial score (nSPS) is 18.1. The summed E-state index contributed by atoms with van der Waals surface area (Å²) in [5, 5.41) is 11.0. The van der Waals surface area contributed by atoms with Gasteiger partial charge < -0.3 is 15.1 Å². The lowest BCUT2D eigenvalue weighted by atomic mass is 9.94. The summed E-state index contributed by atoms with van der Waals surface area (Å²) in [4.78, 5) is 13.2. The van der Waals surface area contributed by atoms with Gasteiger partial charge in [-0.3, -0.25) is 0 Å². The Balaban J connectivity index is 1.62. The van der Waals surface area contributed by atoms with Gasteiger partial charge in [0.15, 0.2) is 5.96 Å². The highest BCUT2D eigenvalue weighted by molar-refractivity contribution is 5.80. The van der Waals surface area contributed by atoms with Gasteiger partial charge in [-0.15, -0.1) is 0 Å². The summed E-state index contributed by atoms with van der Waals surface area (Å²) in [5.41, 5.74) is -0.0463. The largest absolute Gasteiger partial charge is 0.443 e. The second kappa shape index (κ2) is 7.25. The van der Waals surface area contributed by atoms with Crippen molar-refractivity contribution < 1.29 is 4.42 Å². The van der Waals surface area contributed by atoms with Gasteiger partial charge in [0, 0.05) is 24.4 Å². The number of aryl methyl sites for hydroxylation is 1. The zero-order chi connectivity index (χ0) is 17.9. The summed E-state index contributed by atoms with van der Waals surface area (Å²) < 4.78 is 7.76.